The van der Waals surface area contributed by atoms with E-state index in [4.69, 9.17) is 0 Å². The maximum absolute atomic E-state index is 11.8. The topological polar surface area (TPSA) is 55.1 Å². The zero-order chi connectivity index (χ0) is 12.6. The van der Waals surface area contributed by atoms with E-state index >= 15 is 0 Å². The maximum Gasteiger partial charge on any atom is 0.314 e. The molecule has 0 radical (unpaired) electrons. The van der Waals surface area contributed by atoms with Crippen molar-refractivity contribution >= 4 is 5.97 Å². The summed E-state index contributed by atoms with van der Waals surface area (Å²) in [5.74, 6) is -0.684. The molecule has 0 amide bonds. The van der Waals surface area contributed by atoms with Crippen molar-refractivity contribution in [3.8, 4) is 0 Å². The zero-order valence-corrected chi connectivity index (χ0v) is 10.8. The second kappa shape index (κ2) is 4.17. The second-order valence-corrected chi connectivity index (χ2v) is 5.12. The summed E-state index contributed by atoms with van der Waals surface area (Å²) in [5.41, 5.74) is 2.12. The first-order chi connectivity index (χ1) is 7.99. The van der Waals surface area contributed by atoms with E-state index < -0.39 is 11.4 Å². The van der Waals surface area contributed by atoms with E-state index in [-0.39, 0.29) is 0 Å². The summed E-state index contributed by atoms with van der Waals surface area (Å²) in [6, 6.07) is 0. The van der Waals surface area contributed by atoms with Gasteiger partial charge < -0.3 is 5.11 Å². The molecule has 1 fully saturated rings. The molecule has 1 aliphatic carbocycles. The van der Waals surface area contributed by atoms with Crippen molar-refractivity contribution in [2.45, 2.75) is 51.4 Å². The van der Waals surface area contributed by atoms with Crippen LogP contribution in [0, 0.1) is 13.8 Å². The van der Waals surface area contributed by atoms with Gasteiger partial charge in [-0.15, -0.1) is 0 Å². The third-order valence-electron chi connectivity index (χ3n) is 4.10. The Morgan fingerprint density at radius 3 is 2.29 bits per heavy atom. The lowest BCUT2D eigenvalue weighted by Gasteiger charge is -2.33. The fourth-order valence-corrected chi connectivity index (χ4v) is 3.19. The highest BCUT2D eigenvalue weighted by atomic mass is 16.4. The molecule has 1 aromatic heterocycles. The first-order valence-corrected chi connectivity index (χ1v) is 6.23. The number of carboxylic acid groups (broad SMARTS) is 1. The van der Waals surface area contributed by atoms with Gasteiger partial charge in [0.05, 0.1) is 11.1 Å². The predicted molar refractivity (Wildman–Crippen MR) is 65.1 cm³/mol. The van der Waals surface area contributed by atoms with Gasteiger partial charge in [0.15, 0.2) is 0 Å². The molecule has 1 saturated carbocycles. The van der Waals surface area contributed by atoms with Gasteiger partial charge in [0, 0.05) is 18.3 Å². The Hall–Kier alpha value is -1.32. The molecule has 0 saturated heterocycles. The van der Waals surface area contributed by atoms with Crippen LogP contribution in [0.2, 0.25) is 0 Å². The van der Waals surface area contributed by atoms with Gasteiger partial charge in [-0.05, 0) is 26.7 Å². The molecule has 1 aromatic rings. The summed E-state index contributed by atoms with van der Waals surface area (Å²) in [6.45, 7) is 3.89. The standard InChI is InChI=1S/C13H20N2O2/c1-9-11(10(2)15(3)14-9)13(12(16)17)7-5-4-6-8-13/h4-8H2,1-3H3,(H,16,17). The van der Waals surface area contributed by atoms with Gasteiger partial charge in [-0.3, -0.25) is 9.48 Å². The molecule has 17 heavy (non-hydrogen) atoms. The minimum atomic E-state index is -0.694. The second-order valence-electron chi connectivity index (χ2n) is 5.12. The van der Waals surface area contributed by atoms with Crippen LogP contribution >= 0.6 is 0 Å². The summed E-state index contributed by atoms with van der Waals surface area (Å²) in [6.07, 6.45) is 4.64. The van der Waals surface area contributed by atoms with Crippen LogP contribution in [-0.4, -0.2) is 20.9 Å². The molecule has 4 nitrogen and oxygen atoms in total. The molecule has 0 bridgehead atoms. The lowest BCUT2D eigenvalue weighted by Crippen LogP contribution is -2.38. The summed E-state index contributed by atoms with van der Waals surface area (Å²) in [7, 11) is 1.88. The van der Waals surface area contributed by atoms with Crippen molar-refractivity contribution in [3.05, 3.63) is 17.0 Å². The van der Waals surface area contributed by atoms with Gasteiger partial charge >= 0.3 is 5.97 Å². The predicted octanol–water partition coefficient (Wildman–Crippen LogP) is 2.32. The summed E-state index contributed by atoms with van der Waals surface area (Å²) >= 11 is 0. The van der Waals surface area contributed by atoms with Crippen LogP contribution in [0.15, 0.2) is 0 Å². The normalized spacial score (nSPS) is 19.2. The third kappa shape index (κ3) is 1.75. The number of hydrogen-bond donors (Lipinski definition) is 1. The summed E-state index contributed by atoms with van der Waals surface area (Å²) < 4.78 is 1.80. The summed E-state index contributed by atoms with van der Waals surface area (Å²) in [4.78, 5) is 11.8. The minimum Gasteiger partial charge on any atom is -0.481 e. The molecule has 2 rings (SSSR count). The third-order valence-corrected chi connectivity index (χ3v) is 4.10. The molecule has 4 heteroatoms. The Bertz CT molecular complexity index is 443. The van der Waals surface area contributed by atoms with E-state index in [1.54, 1.807) is 4.68 Å². The maximum atomic E-state index is 11.8. The first kappa shape index (κ1) is 12.1. The highest BCUT2D eigenvalue weighted by Gasteiger charge is 2.44. The van der Waals surface area contributed by atoms with E-state index in [2.05, 4.69) is 5.10 Å². The molecule has 1 heterocycles. The Labute approximate surface area is 102 Å². The van der Waals surface area contributed by atoms with Crippen LogP contribution in [-0.2, 0) is 17.3 Å². The number of nitrogens with zero attached hydrogens (tertiary/aromatic N) is 2. The monoisotopic (exact) mass is 236 g/mol. The van der Waals surface area contributed by atoms with Crippen molar-refractivity contribution in [2.75, 3.05) is 0 Å². The number of rotatable bonds is 2. The van der Waals surface area contributed by atoms with Crippen molar-refractivity contribution in [1.82, 2.24) is 9.78 Å². The highest BCUT2D eigenvalue weighted by Crippen LogP contribution is 2.42. The Morgan fingerprint density at radius 2 is 1.88 bits per heavy atom. The van der Waals surface area contributed by atoms with Crippen LogP contribution in [0.4, 0.5) is 0 Å². The molecular weight excluding hydrogens is 216 g/mol. The number of carbonyl (C=O) groups is 1. The van der Waals surface area contributed by atoms with Crippen LogP contribution in [0.5, 0.6) is 0 Å². The van der Waals surface area contributed by atoms with Crippen molar-refractivity contribution < 1.29 is 9.90 Å². The van der Waals surface area contributed by atoms with E-state index in [1.165, 1.54) is 0 Å². The summed E-state index contributed by atoms with van der Waals surface area (Å²) in [5, 5.41) is 14.0. The molecule has 0 spiro atoms. The average molecular weight is 236 g/mol. The number of carboxylic acids is 1. The number of hydrogen-bond acceptors (Lipinski definition) is 2. The van der Waals surface area contributed by atoms with E-state index in [9.17, 15) is 9.90 Å². The smallest absolute Gasteiger partial charge is 0.314 e. The minimum absolute atomic E-state index is 0.684. The fraction of sp³-hybridized carbons (Fsp3) is 0.692. The van der Waals surface area contributed by atoms with Gasteiger partial charge in [0.1, 0.15) is 0 Å². The largest absolute Gasteiger partial charge is 0.481 e. The van der Waals surface area contributed by atoms with E-state index in [0.29, 0.717) is 0 Å². The average Bonchev–Trinajstić information content (AvgIpc) is 2.54. The van der Waals surface area contributed by atoms with Gasteiger partial charge in [-0.1, -0.05) is 19.3 Å². The Kier molecular flexibility index (Phi) is 2.98. The van der Waals surface area contributed by atoms with Gasteiger partial charge in [-0.25, -0.2) is 0 Å². The Balaban J connectivity index is 2.56. The van der Waals surface area contributed by atoms with Crippen LogP contribution in [0.25, 0.3) is 0 Å². The Morgan fingerprint density at radius 1 is 1.29 bits per heavy atom. The number of aliphatic carboxylic acids is 1. The molecule has 1 N–H and O–H groups in total. The van der Waals surface area contributed by atoms with Crippen LogP contribution < -0.4 is 0 Å². The SMILES string of the molecule is Cc1nn(C)c(C)c1C1(C(=O)O)CCCCC1. The van der Waals surface area contributed by atoms with Crippen LogP contribution in [0.3, 0.4) is 0 Å². The van der Waals surface area contributed by atoms with Crippen molar-refractivity contribution in [3.63, 3.8) is 0 Å². The van der Waals surface area contributed by atoms with Gasteiger partial charge in [0.2, 0.25) is 0 Å². The fourth-order valence-electron chi connectivity index (χ4n) is 3.19. The molecule has 0 unspecified atom stereocenters. The molecule has 94 valence electrons. The quantitative estimate of drug-likeness (QED) is 0.857. The first-order valence-electron chi connectivity index (χ1n) is 6.23. The van der Waals surface area contributed by atoms with Crippen molar-refractivity contribution in [2.24, 2.45) is 7.05 Å². The molecule has 0 atom stereocenters. The van der Waals surface area contributed by atoms with Crippen LogP contribution in [0.1, 0.15) is 49.1 Å². The highest BCUT2D eigenvalue weighted by molar-refractivity contribution is 5.82. The number of aryl methyl sites for hydroxylation is 2. The molecule has 0 aliphatic heterocycles. The lowest BCUT2D eigenvalue weighted by molar-refractivity contribution is -0.145. The zero-order valence-electron chi connectivity index (χ0n) is 10.8. The lowest BCUT2D eigenvalue weighted by atomic mass is 9.68. The van der Waals surface area contributed by atoms with Crippen molar-refractivity contribution in [1.29, 1.82) is 0 Å². The molecular formula is C13H20N2O2. The molecule has 0 aromatic carbocycles. The van der Waals surface area contributed by atoms with E-state index in [1.807, 2.05) is 20.9 Å². The van der Waals surface area contributed by atoms with E-state index in [0.717, 1.165) is 49.1 Å². The number of aromatic nitrogens is 2. The van der Waals surface area contributed by atoms with Gasteiger partial charge in [0.25, 0.3) is 0 Å². The molecule has 1 aliphatic rings. The van der Waals surface area contributed by atoms with Gasteiger partial charge in [-0.2, -0.15) is 5.10 Å².